The first-order valence-electron chi connectivity index (χ1n) is 36.8. The van der Waals surface area contributed by atoms with Crippen molar-refractivity contribution >= 4 is 92.2 Å². The van der Waals surface area contributed by atoms with Crippen LogP contribution in [0.3, 0.4) is 0 Å². The van der Waals surface area contributed by atoms with E-state index in [4.69, 9.17) is 38.8 Å². The van der Waals surface area contributed by atoms with Gasteiger partial charge in [0, 0.05) is 149 Å². The van der Waals surface area contributed by atoms with E-state index in [1.165, 1.54) is 65.4 Å². The molecule has 1 saturated heterocycles. The Kier molecular flexibility index (Phi) is 27.0. The Morgan fingerprint density at radius 3 is 2.19 bits per heavy atom. The maximum atomic E-state index is 15.5. The summed E-state index contributed by atoms with van der Waals surface area (Å²) in [5.74, 6) is -10.4. The van der Waals surface area contributed by atoms with E-state index in [-0.39, 0.29) is 107 Å². The number of rotatable bonds is 24. The van der Waals surface area contributed by atoms with Gasteiger partial charge in [0.25, 0.3) is 23.5 Å². The predicted octanol–water partition coefficient (Wildman–Crippen LogP) is 7.80. The number of carbonyl (C=O) groups is 9. The number of primary amides is 1. The highest BCUT2D eigenvalue weighted by Crippen LogP contribution is 2.51. The number of aromatic hydroxyl groups is 1. The van der Waals surface area contributed by atoms with Gasteiger partial charge in [0.15, 0.2) is 17.1 Å². The first-order valence-corrected chi connectivity index (χ1v) is 36.8. The van der Waals surface area contributed by atoms with Crippen LogP contribution in [0.2, 0.25) is 0 Å². The average molecular weight is 1500 g/mol. The minimum atomic E-state index is -2.18. The van der Waals surface area contributed by atoms with Crippen molar-refractivity contribution in [2.75, 3.05) is 68.5 Å². The Morgan fingerprint density at radius 2 is 1.54 bits per heavy atom. The fraction of sp³-hybridized carbons (Fsp3) is 0.506. The number of fused-ring (bicyclic) bond motifs is 2. The second kappa shape index (κ2) is 35.7. The number of aliphatic hydroxyl groups is 2. The number of ketones is 1. The molecule has 11 atom stereocenters. The molecule has 29 nitrogen and oxygen atoms in total. The fourth-order valence-corrected chi connectivity index (χ4v) is 14.1. The third kappa shape index (κ3) is 19.0. The number of Topliss-reactive ketones (excluding diaryl/α,β-unsaturated/α-hetero) is 1. The van der Waals surface area contributed by atoms with E-state index >= 15 is 9.59 Å². The molecule has 0 aromatic heterocycles. The summed E-state index contributed by atoms with van der Waals surface area (Å²) in [6.07, 6.45) is 7.41. The second-order valence-corrected chi connectivity index (χ2v) is 29.4. The van der Waals surface area contributed by atoms with Crippen molar-refractivity contribution < 1.29 is 86.6 Å². The van der Waals surface area contributed by atoms with Crippen molar-refractivity contribution in [3.63, 3.8) is 0 Å². The quantitative estimate of drug-likeness (QED) is 0.00934. The SMILES string of the molecule is CO[C@H]1/C=C/O[C@@]2(C)Oc3c(C)c(O)c4c(=O)c(c5oc6cc(N7CCN(CC(C)C)CC7)cc(OCc7ccc(NC(=O)[C@H](CCCNC(N)=O)NC(=O)[C@@H](NC(=O)CCCCCN8C(=O)C=CC8=O)C(C)C)cc7)c6nc-5c4c3C2=O)NC(=O)/C(C)=C\C=C\[C@H](C)[C@H](O)[C@@H](C)[C@@H](O)[C@@H](C)[C@H](OC(C)=O)[C@@H]1C. The zero-order chi connectivity index (χ0) is 78.7. The zero-order valence-electron chi connectivity index (χ0n) is 63.6. The number of nitrogens with two attached hydrogens (primary N) is 1. The molecule has 108 heavy (non-hydrogen) atoms. The molecule has 9 rings (SSSR count). The minimum absolute atomic E-state index is 0.0217. The number of allylic oxidation sites excluding steroid dienone is 2. The molecule has 29 heteroatoms. The van der Waals surface area contributed by atoms with Gasteiger partial charge >= 0.3 is 17.8 Å². The number of imide groups is 1. The van der Waals surface area contributed by atoms with Crippen molar-refractivity contribution in [2.45, 2.75) is 171 Å². The molecule has 0 radical (unpaired) electrons. The first-order chi connectivity index (χ1) is 51.2. The van der Waals surface area contributed by atoms with Crippen molar-refractivity contribution in [2.24, 2.45) is 41.2 Å². The lowest BCUT2D eigenvalue weighted by atomic mass is 9.78. The van der Waals surface area contributed by atoms with Crippen molar-refractivity contribution in [1.82, 2.24) is 30.7 Å². The number of piperazine rings is 1. The highest BCUT2D eigenvalue weighted by molar-refractivity contribution is 6.22. The van der Waals surface area contributed by atoms with Gasteiger partial charge in [-0.05, 0) is 75.1 Å². The number of unbranched alkanes of at least 4 members (excludes halogenated alkanes) is 2. The summed E-state index contributed by atoms with van der Waals surface area (Å²) in [5.41, 5.74) is 5.45. The molecule has 3 aromatic carbocycles. The lowest BCUT2D eigenvalue weighted by Crippen LogP contribution is -2.54. The van der Waals surface area contributed by atoms with Crippen LogP contribution >= 0.6 is 0 Å². The maximum Gasteiger partial charge on any atom is 0.312 e. The number of aliphatic hydroxyl groups excluding tert-OH is 2. The number of anilines is 3. The minimum Gasteiger partial charge on any atom is -0.507 e. The van der Waals surface area contributed by atoms with E-state index < -0.39 is 136 Å². The molecule has 1 aliphatic carbocycles. The van der Waals surface area contributed by atoms with Crippen LogP contribution in [0, 0.1) is 42.4 Å². The number of amides is 8. The van der Waals surface area contributed by atoms with E-state index in [9.17, 15) is 53.7 Å². The number of benzene rings is 4. The number of hydrogen-bond acceptors (Lipinski definition) is 22. The van der Waals surface area contributed by atoms with Crippen LogP contribution in [-0.4, -0.2) is 179 Å². The van der Waals surface area contributed by atoms with Crippen LogP contribution in [0.5, 0.6) is 17.2 Å². The summed E-state index contributed by atoms with van der Waals surface area (Å²) >= 11 is 0. The molecule has 5 heterocycles. The first kappa shape index (κ1) is 81.8. The molecule has 4 bridgehead atoms. The van der Waals surface area contributed by atoms with Gasteiger partial charge < -0.3 is 80.6 Å². The number of phenols is 1. The molecular weight excluding hydrogens is 1390 g/mol. The third-order valence-corrected chi connectivity index (χ3v) is 20.4. The molecular formula is C79H102N10O19. The summed E-state index contributed by atoms with van der Waals surface area (Å²) in [5, 5.41) is 48.9. The van der Waals surface area contributed by atoms with Crippen LogP contribution in [0.15, 0.2) is 93.9 Å². The molecule has 3 aromatic rings. The van der Waals surface area contributed by atoms with Gasteiger partial charge in [0.1, 0.15) is 53.2 Å². The summed E-state index contributed by atoms with van der Waals surface area (Å²) in [7, 11) is 1.42. The van der Waals surface area contributed by atoms with Gasteiger partial charge in [-0.15, -0.1) is 0 Å². The predicted molar refractivity (Wildman–Crippen MR) is 404 cm³/mol. The number of nitrogens with one attached hydrogen (secondary N) is 5. The van der Waals surface area contributed by atoms with Crippen molar-refractivity contribution in [1.29, 1.82) is 0 Å². The van der Waals surface area contributed by atoms with Gasteiger partial charge in [-0.2, -0.15) is 0 Å². The van der Waals surface area contributed by atoms with E-state index in [1.54, 1.807) is 90.1 Å². The van der Waals surface area contributed by atoms with Gasteiger partial charge in [-0.25, -0.2) is 9.78 Å². The van der Waals surface area contributed by atoms with E-state index in [0.717, 1.165) is 24.5 Å². The molecule has 0 saturated carbocycles. The zero-order valence-corrected chi connectivity index (χ0v) is 63.6. The molecule has 0 unspecified atom stereocenters. The number of esters is 1. The molecule has 10 N–H and O–H groups in total. The molecule has 5 aliphatic heterocycles. The topological polar surface area (TPSA) is 399 Å². The summed E-state index contributed by atoms with van der Waals surface area (Å²) in [4.78, 5) is 146. The Hall–Kier alpha value is -10.2. The van der Waals surface area contributed by atoms with Gasteiger partial charge in [0.05, 0.1) is 35.5 Å². The third-order valence-electron chi connectivity index (χ3n) is 20.4. The van der Waals surface area contributed by atoms with Gasteiger partial charge in [-0.3, -0.25) is 53.0 Å². The fourth-order valence-electron chi connectivity index (χ4n) is 14.1. The lowest BCUT2D eigenvalue weighted by Gasteiger charge is -2.38. The number of urea groups is 1. The van der Waals surface area contributed by atoms with Crippen LogP contribution in [0.25, 0.3) is 33.3 Å². The molecule has 582 valence electrons. The Labute approximate surface area is 627 Å². The number of phenolic OH excluding ortho intramolecular Hbond substituents is 1. The van der Waals surface area contributed by atoms with Crippen LogP contribution in [0.1, 0.15) is 136 Å². The molecule has 1 fully saturated rings. The van der Waals surface area contributed by atoms with Crippen molar-refractivity contribution in [3.05, 3.63) is 112 Å². The number of methoxy groups -OCH3 is 1. The normalized spacial score (nSPS) is 24.0. The number of aromatic nitrogens is 1. The Morgan fingerprint density at radius 1 is 0.843 bits per heavy atom. The molecule has 0 spiro atoms. The smallest absolute Gasteiger partial charge is 0.312 e. The van der Waals surface area contributed by atoms with Crippen LogP contribution < -0.4 is 52.1 Å². The number of nitrogens with zero attached hydrogens (tertiary/aromatic N) is 4. The Bertz CT molecular complexity index is 4350. The second-order valence-electron chi connectivity index (χ2n) is 29.4. The number of carbonyl (C=O) groups excluding carboxylic acids is 9. The number of ether oxygens (including phenoxy) is 5. The summed E-state index contributed by atoms with van der Waals surface area (Å²) < 4.78 is 38.1. The lowest BCUT2D eigenvalue weighted by molar-refractivity contribution is -0.160. The monoisotopic (exact) mass is 1490 g/mol. The standard InChI is InChI=1S/C79H102N10O19/c1-41(2)39-87-32-34-88(35-33-87)52-37-55(104-40-50-23-25-51(26-24-50)82-76(100)53(21-18-30-81-78(80)102)83-77(101)63(42(3)4)84-57(91)22-15-14-16-31-89-58(92)27-28-59(89)93)64-56(38-52)107-73-65(85-64)60-61-69(96)48(10)72-62(60)74(98)79(12,108-72)105-36-29-54(103-13)45(7)71(106-49(11)90)47(9)68(95)46(8)67(94)43(5)19-17-20-44(6)75(99)86-66(73)70(61)97/h17,19-20,23-29,36-38,41-43,45-47,53-54,63,67-68,71,94-96H,14-16,18,21-22,30-35,39-40H2,1-13H3,(H,82,100)(H,83,101)(H,84,91)(H,86,99)(H3,80,81,102)/b19-17+,36-29+,44-20-/t43-,45+,46+,47+,53-,54-,63-,67-,68+,71+,79-/m0/s1. The Balaban J connectivity index is 1.07. The van der Waals surface area contributed by atoms with Crippen molar-refractivity contribution in [3.8, 4) is 28.7 Å². The number of hydrogen-bond donors (Lipinski definition) is 9. The van der Waals surface area contributed by atoms with Gasteiger partial charge in [0.2, 0.25) is 23.2 Å². The molecule has 6 aliphatic rings. The highest BCUT2D eigenvalue weighted by atomic mass is 16.7. The molecule has 8 amide bonds. The van der Waals surface area contributed by atoms with Crippen LogP contribution in [-0.2, 0) is 54.4 Å². The summed E-state index contributed by atoms with van der Waals surface area (Å²) in [6, 6.07) is 7.29. The maximum absolute atomic E-state index is 15.5. The van der Waals surface area contributed by atoms with Gasteiger partial charge in [-0.1, -0.05) is 92.2 Å². The van der Waals surface area contributed by atoms with E-state index in [1.807, 2.05) is 0 Å². The average Bonchev–Trinajstić information content (AvgIpc) is 1.23. The highest BCUT2D eigenvalue weighted by Gasteiger charge is 2.50. The van der Waals surface area contributed by atoms with E-state index in [0.29, 0.717) is 55.2 Å². The van der Waals surface area contributed by atoms with Crippen LogP contribution in [0.4, 0.5) is 21.9 Å². The van der Waals surface area contributed by atoms with E-state index in [2.05, 4.69) is 50.2 Å². The summed E-state index contributed by atoms with van der Waals surface area (Å²) in [6.45, 7) is 24.0. The largest absolute Gasteiger partial charge is 0.507 e.